The van der Waals surface area contributed by atoms with Crippen molar-refractivity contribution < 1.29 is 0 Å². The summed E-state index contributed by atoms with van der Waals surface area (Å²) in [4.78, 5) is 11.2. The third-order valence-electron chi connectivity index (χ3n) is 4.61. The quantitative estimate of drug-likeness (QED) is 0.819. The second kappa shape index (κ2) is 7.56. The van der Waals surface area contributed by atoms with E-state index in [1.807, 2.05) is 11.3 Å². The van der Waals surface area contributed by atoms with Crippen LogP contribution in [0.3, 0.4) is 0 Å². The molecule has 1 atom stereocenters. The van der Waals surface area contributed by atoms with Crippen molar-refractivity contribution >= 4 is 16.5 Å². The molecule has 1 N–H and O–H groups in total. The Kier molecular flexibility index (Phi) is 5.49. The van der Waals surface area contributed by atoms with E-state index in [4.69, 9.17) is 0 Å². The van der Waals surface area contributed by atoms with Crippen molar-refractivity contribution in [3.05, 3.63) is 11.1 Å². The first-order valence-corrected chi connectivity index (χ1v) is 9.33. The molecule has 1 aromatic rings. The topological polar surface area (TPSA) is 31.4 Å². The maximum Gasteiger partial charge on any atom is 0.185 e. The Labute approximate surface area is 132 Å². The SMILES string of the molecule is CCCNCc1cnc(N2CCC(N3CCCCC3)C2)s1. The fourth-order valence-electron chi connectivity index (χ4n) is 3.41. The molecule has 0 aliphatic carbocycles. The van der Waals surface area contributed by atoms with Gasteiger partial charge in [0.25, 0.3) is 0 Å². The smallest absolute Gasteiger partial charge is 0.185 e. The fraction of sp³-hybridized carbons (Fsp3) is 0.812. The van der Waals surface area contributed by atoms with Gasteiger partial charge in [0.15, 0.2) is 5.13 Å². The van der Waals surface area contributed by atoms with Crippen molar-refractivity contribution in [1.29, 1.82) is 0 Å². The van der Waals surface area contributed by atoms with E-state index in [0.717, 1.165) is 19.1 Å². The molecule has 2 aliphatic rings. The van der Waals surface area contributed by atoms with Gasteiger partial charge in [-0.2, -0.15) is 0 Å². The van der Waals surface area contributed by atoms with Gasteiger partial charge in [0, 0.05) is 36.8 Å². The number of likely N-dealkylation sites (tertiary alicyclic amines) is 1. The summed E-state index contributed by atoms with van der Waals surface area (Å²) in [7, 11) is 0. The van der Waals surface area contributed by atoms with Gasteiger partial charge >= 0.3 is 0 Å². The van der Waals surface area contributed by atoms with Crippen LogP contribution >= 0.6 is 11.3 Å². The Morgan fingerprint density at radius 3 is 2.95 bits per heavy atom. The van der Waals surface area contributed by atoms with E-state index >= 15 is 0 Å². The van der Waals surface area contributed by atoms with Crippen LogP contribution in [0.1, 0.15) is 43.9 Å². The van der Waals surface area contributed by atoms with E-state index in [9.17, 15) is 0 Å². The Morgan fingerprint density at radius 1 is 1.29 bits per heavy atom. The molecule has 1 aromatic heterocycles. The van der Waals surface area contributed by atoms with Gasteiger partial charge in [-0.1, -0.05) is 13.3 Å². The van der Waals surface area contributed by atoms with Gasteiger partial charge in [-0.3, -0.25) is 4.90 Å². The minimum atomic E-state index is 0.760. The number of aromatic nitrogens is 1. The third kappa shape index (κ3) is 3.96. The summed E-state index contributed by atoms with van der Waals surface area (Å²) in [6.07, 6.45) is 8.75. The minimum absolute atomic E-state index is 0.760. The summed E-state index contributed by atoms with van der Waals surface area (Å²) in [6.45, 7) is 9.23. The highest BCUT2D eigenvalue weighted by Crippen LogP contribution is 2.28. The van der Waals surface area contributed by atoms with Crippen molar-refractivity contribution in [1.82, 2.24) is 15.2 Å². The standard InChI is InChI=1S/C16H28N4S/c1-2-7-17-11-15-12-18-16(21-15)20-10-6-14(13-20)19-8-4-3-5-9-19/h12,14,17H,2-11,13H2,1H3. The summed E-state index contributed by atoms with van der Waals surface area (Å²) >= 11 is 1.86. The van der Waals surface area contributed by atoms with Crippen LogP contribution in [-0.4, -0.2) is 48.6 Å². The lowest BCUT2D eigenvalue weighted by Gasteiger charge is -2.32. The molecule has 1 unspecified atom stereocenters. The first kappa shape index (κ1) is 15.3. The van der Waals surface area contributed by atoms with Gasteiger partial charge in [0.2, 0.25) is 0 Å². The number of anilines is 1. The molecule has 0 bridgehead atoms. The van der Waals surface area contributed by atoms with Gasteiger partial charge < -0.3 is 10.2 Å². The second-order valence-electron chi connectivity index (χ2n) is 6.27. The number of piperidine rings is 1. The fourth-order valence-corrected chi connectivity index (χ4v) is 4.33. The number of thiazole rings is 1. The lowest BCUT2D eigenvalue weighted by molar-refractivity contribution is 0.175. The molecule has 0 radical (unpaired) electrons. The van der Waals surface area contributed by atoms with Gasteiger partial charge in [-0.25, -0.2) is 4.98 Å². The molecule has 5 heteroatoms. The molecule has 3 rings (SSSR count). The molecule has 118 valence electrons. The van der Waals surface area contributed by atoms with Crippen molar-refractivity contribution in [2.24, 2.45) is 0 Å². The summed E-state index contributed by atoms with van der Waals surface area (Å²) in [5, 5.41) is 4.68. The Morgan fingerprint density at radius 2 is 2.14 bits per heavy atom. The maximum absolute atomic E-state index is 4.64. The van der Waals surface area contributed by atoms with Crippen LogP contribution in [-0.2, 0) is 6.54 Å². The number of nitrogens with zero attached hydrogens (tertiary/aromatic N) is 3. The van der Waals surface area contributed by atoms with E-state index in [2.05, 4.69) is 33.2 Å². The summed E-state index contributed by atoms with van der Waals surface area (Å²) in [6, 6.07) is 0.760. The molecule has 2 aliphatic heterocycles. The maximum atomic E-state index is 4.64. The molecule has 21 heavy (non-hydrogen) atoms. The number of rotatable bonds is 6. The summed E-state index contributed by atoms with van der Waals surface area (Å²) < 4.78 is 0. The van der Waals surface area contributed by atoms with Gasteiger partial charge in [0.1, 0.15) is 0 Å². The van der Waals surface area contributed by atoms with E-state index in [1.54, 1.807) is 0 Å². The van der Waals surface area contributed by atoms with E-state index < -0.39 is 0 Å². The Hall–Kier alpha value is -0.650. The molecule has 0 saturated carbocycles. The Bertz CT molecular complexity index is 428. The van der Waals surface area contributed by atoms with Crippen LogP contribution in [0.4, 0.5) is 5.13 Å². The highest BCUT2D eigenvalue weighted by atomic mass is 32.1. The van der Waals surface area contributed by atoms with Crippen LogP contribution in [0.5, 0.6) is 0 Å². The van der Waals surface area contributed by atoms with E-state index in [1.165, 1.54) is 68.3 Å². The highest BCUT2D eigenvalue weighted by molar-refractivity contribution is 7.15. The van der Waals surface area contributed by atoms with Crippen LogP contribution in [0.25, 0.3) is 0 Å². The Balaban J connectivity index is 1.51. The normalized spacial score (nSPS) is 23.9. The summed E-state index contributed by atoms with van der Waals surface area (Å²) in [5.41, 5.74) is 0. The molecule has 0 spiro atoms. The molecule has 2 saturated heterocycles. The van der Waals surface area contributed by atoms with Crippen molar-refractivity contribution in [3.8, 4) is 0 Å². The zero-order valence-electron chi connectivity index (χ0n) is 13.2. The minimum Gasteiger partial charge on any atom is -0.346 e. The van der Waals surface area contributed by atoms with Crippen molar-refractivity contribution in [2.75, 3.05) is 37.6 Å². The average molecular weight is 308 g/mol. The average Bonchev–Trinajstić information content (AvgIpc) is 3.17. The molecular weight excluding hydrogens is 280 g/mol. The van der Waals surface area contributed by atoms with Gasteiger partial charge in [0.05, 0.1) is 0 Å². The van der Waals surface area contributed by atoms with Crippen molar-refractivity contribution in [2.45, 2.75) is 51.6 Å². The molecule has 0 aromatic carbocycles. The molecule has 3 heterocycles. The lowest BCUT2D eigenvalue weighted by Crippen LogP contribution is -2.40. The van der Waals surface area contributed by atoms with E-state index in [0.29, 0.717) is 0 Å². The first-order valence-electron chi connectivity index (χ1n) is 8.51. The van der Waals surface area contributed by atoms with E-state index in [-0.39, 0.29) is 0 Å². The largest absolute Gasteiger partial charge is 0.346 e. The van der Waals surface area contributed by atoms with Gasteiger partial charge in [-0.05, 0) is 45.3 Å². The molecule has 2 fully saturated rings. The summed E-state index contributed by atoms with van der Waals surface area (Å²) in [5.74, 6) is 0. The monoisotopic (exact) mass is 308 g/mol. The van der Waals surface area contributed by atoms with Crippen LogP contribution in [0.2, 0.25) is 0 Å². The number of hydrogen-bond acceptors (Lipinski definition) is 5. The highest BCUT2D eigenvalue weighted by Gasteiger charge is 2.29. The van der Waals surface area contributed by atoms with Crippen LogP contribution in [0.15, 0.2) is 6.20 Å². The molecule has 0 amide bonds. The van der Waals surface area contributed by atoms with Crippen LogP contribution < -0.4 is 10.2 Å². The van der Waals surface area contributed by atoms with Crippen LogP contribution in [0, 0.1) is 0 Å². The second-order valence-corrected chi connectivity index (χ2v) is 7.36. The first-order chi connectivity index (χ1) is 10.4. The zero-order chi connectivity index (χ0) is 14.5. The predicted molar refractivity (Wildman–Crippen MR) is 90.2 cm³/mol. The predicted octanol–water partition coefficient (Wildman–Crippen LogP) is 2.71. The number of nitrogens with one attached hydrogen (secondary N) is 1. The molecular formula is C16H28N4S. The lowest BCUT2D eigenvalue weighted by atomic mass is 10.1. The number of hydrogen-bond donors (Lipinski definition) is 1. The molecule has 4 nitrogen and oxygen atoms in total. The zero-order valence-corrected chi connectivity index (χ0v) is 14.0. The van der Waals surface area contributed by atoms with Gasteiger partial charge in [-0.15, -0.1) is 11.3 Å². The third-order valence-corrected chi connectivity index (χ3v) is 5.67. The van der Waals surface area contributed by atoms with Crippen molar-refractivity contribution in [3.63, 3.8) is 0 Å².